The van der Waals surface area contributed by atoms with Crippen LogP contribution >= 0.6 is 0 Å². The van der Waals surface area contributed by atoms with Gasteiger partial charge in [0.15, 0.2) is 0 Å². The Morgan fingerprint density at radius 2 is 1.35 bits per heavy atom. The number of nitrogens with zero attached hydrogens (tertiary/aromatic N) is 2. The molecule has 0 bridgehead atoms. The van der Waals surface area contributed by atoms with Gasteiger partial charge in [0, 0.05) is 24.0 Å². The summed E-state index contributed by atoms with van der Waals surface area (Å²) in [7, 11) is 0. The van der Waals surface area contributed by atoms with Crippen LogP contribution in [-0.4, -0.2) is 39.5 Å². The summed E-state index contributed by atoms with van der Waals surface area (Å²) in [5.41, 5.74) is 1.06. The van der Waals surface area contributed by atoms with Crippen molar-refractivity contribution in [1.82, 2.24) is 9.97 Å². The third kappa shape index (κ3) is 4.65. The van der Waals surface area contributed by atoms with Crippen LogP contribution in [0.3, 0.4) is 0 Å². The van der Waals surface area contributed by atoms with Crippen LogP contribution in [0.15, 0.2) is 73.2 Å². The number of para-hydroxylation sites is 1. The number of pyridine rings is 2. The minimum Gasteiger partial charge on any atom is -0.265 e. The summed E-state index contributed by atoms with van der Waals surface area (Å²) in [5, 5.41) is 1.20. The van der Waals surface area contributed by atoms with Gasteiger partial charge in [0.05, 0.1) is 5.52 Å². The van der Waals surface area contributed by atoms with Crippen molar-refractivity contribution in [2.45, 2.75) is 0 Å². The van der Waals surface area contributed by atoms with Crippen molar-refractivity contribution >= 4 is 40.5 Å². The van der Waals surface area contributed by atoms with E-state index in [0.717, 1.165) is 5.52 Å². The third-order valence-corrected chi connectivity index (χ3v) is 2.08. The molecular formula is C14H13N2Na. The van der Waals surface area contributed by atoms with Crippen molar-refractivity contribution in [2.75, 3.05) is 0 Å². The fourth-order valence-electron chi connectivity index (χ4n) is 1.33. The SMILES string of the molecule is [NaH].c1ccc2ncccc2c1.c1ccncc1. The second kappa shape index (κ2) is 7.96. The van der Waals surface area contributed by atoms with Gasteiger partial charge in [-0.15, -0.1) is 0 Å². The fourth-order valence-corrected chi connectivity index (χ4v) is 1.33. The molecule has 0 aliphatic heterocycles. The Hall–Kier alpha value is -1.22. The number of benzene rings is 1. The molecule has 3 rings (SSSR count). The van der Waals surface area contributed by atoms with Gasteiger partial charge in [0.2, 0.25) is 0 Å². The second-order valence-electron chi connectivity index (χ2n) is 3.22. The summed E-state index contributed by atoms with van der Waals surface area (Å²) in [6.07, 6.45) is 5.31. The van der Waals surface area contributed by atoms with Crippen molar-refractivity contribution in [1.29, 1.82) is 0 Å². The van der Waals surface area contributed by atoms with Gasteiger partial charge in [0.25, 0.3) is 0 Å². The van der Waals surface area contributed by atoms with Gasteiger partial charge in [0.1, 0.15) is 0 Å². The average molecular weight is 232 g/mol. The van der Waals surface area contributed by atoms with Gasteiger partial charge in [-0.3, -0.25) is 9.97 Å². The minimum absolute atomic E-state index is 0. The van der Waals surface area contributed by atoms with E-state index >= 15 is 0 Å². The van der Waals surface area contributed by atoms with Gasteiger partial charge in [-0.2, -0.15) is 0 Å². The van der Waals surface area contributed by atoms with Gasteiger partial charge in [-0.05, 0) is 24.3 Å². The van der Waals surface area contributed by atoms with E-state index < -0.39 is 0 Å². The first-order valence-corrected chi connectivity index (χ1v) is 5.11. The van der Waals surface area contributed by atoms with Crippen LogP contribution in [0.2, 0.25) is 0 Å². The molecule has 1 aromatic carbocycles. The fraction of sp³-hybridized carbons (Fsp3) is 0. The van der Waals surface area contributed by atoms with Crippen LogP contribution in [0.1, 0.15) is 0 Å². The molecule has 0 aliphatic carbocycles. The normalized spacial score (nSPS) is 8.71. The van der Waals surface area contributed by atoms with Crippen molar-refractivity contribution in [2.24, 2.45) is 0 Å². The predicted molar refractivity (Wildman–Crippen MR) is 73.1 cm³/mol. The molecule has 0 fully saturated rings. The summed E-state index contributed by atoms with van der Waals surface area (Å²) in [6.45, 7) is 0. The third-order valence-electron chi connectivity index (χ3n) is 2.08. The molecule has 2 heterocycles. The largest absolute Gasteiger partial charge is 0.265 e. The van der Waals surface area contributed by atoms with Crippen molar-refractivity contribution in [3.8, 4) is 0 Å². The van der Waals surface area contributed by atoms with Crippen LogP contribution < -0.4 is 0 Å². The predicted octanol–water partition coefficient (Wildman–Crippen LogP) is 2.67. The Morgan fingerprint density at radius 3 is 1.94 bits per heavy atom. The number of rotatable bonds is 0. The standard InChI is InChI=1S/C9H7N.C5H5N.Na.H/c1-2-6-9-8(4-1)5-3-7-10-9;1-2-4-6-5-3-1;;/h1-7H;1-5H;;. The van der Waals surface area contributed by atoms with Crippen molar-refractivity contribution in [3.63, 3.8) is 0 Å². The van der Waals surface area contributed by atoms with Crippen LogP contribution in [0.25, 0.3) is 10.9 Å². The van der Waals surface area contributed by atoms with E-state index in [1.54, 1.807) is 12.4 Å². The first-order valence-electron chi connectivity index (χ1n) is 5.11. The Kier molecular flexibility index (Phi) is 6.48. The van der Waals surface area contributed by atoms with E-state index in [4.69, 9.17) is 0 Å². The summed E-state index contributed by atoms with van der Waals surface area (Å²) in [6, 6.07) is 17.8. The first kappa shape index (κ1) is 13.8. The second-order valence-corrected chi connectivity index (χ2v) is 3.22. The number of fused-ring (bicyclic) bond motifs is 1. The Balaban J connectivity index is 0.000000180. The molecule has 0 saturated heterocycles. The van der Waals surface area contributed by atoms with E-state index in [0.29, 0.717) is 0 Å². The molecule has 0 saturated carbocycles. The topological polar surface area (TPSA) is 25.8 Å². The van der Waals surface area contributed by atoms with E-state index in [1.165, 1.54) is 5.39 Å². The molecule has 80 valence electrons. The number of hydrogen-bond acceptors (Lipinski definition) is 2. The molecule has 0 aliphatic rings. The van der Waals surface area contributed by atoms with Crippen molar-refractivity contribution < 1.29 is 0 Å². The van der Waals surface area contributed by atoms with Gasteiger partial charge in [-0.25, -0.2) is 0 Å². The summed E-state index contributed by atoms with van der Waals surface area (Å²) in [4.78, 5) is 7.97. The van der Waals surface area contributed by atoms with Gasteiger partial charge >= 0.3 is 29.6 Å². The van der Waals surface area contributed by atoms with Gasteiger partial charge < -0.3 is 0 Å². The van der Waals surface area contributed by atoms with E-state index in [1.807, 2.05) is 48.7 Å². The maximum absolute atomic E-state index is 4.18. The number of hydrogen-bond donors (Lipinski definition) is 0. The smallest absolute Gasteiger partial charge is 0.0701 e. The summed E-state index contributed by atoms with van der Waals surface area (Å²) in [5.74, 6) is 0. The average Bonchev–Trinajstić information content (AvgIpc) is 2.42. The molecule has 0 N–H and O–H groups in total. The Bertz CT molecular complexity index is 449. The maximum atomic E-state index is 4.18. The quantitative estimate of drug-likeness (QED) is 0.557. The molecule has 0 radical (unpaired) electrons. The maximum Gasteiger partial charge on any atom is 0.0701 e. The summed E-state index contributed by atoms with van der Waals surface area (Å²) >= 11 is 0. The molecule has 0 spiro atoms. The minimum atomic E-state index is 0. The van der Waals surface area contributed by atoms with Crippen molar-refractivity contribution in [3.05, 3.63) is 73.2 Å². The Labute approximate surface area is 123 Å². The van der Waals surface area contributed by atoms with E-state index in [9.17, 15) is 0 Å². The zero-order valence-electron chi connectivity index (χ0n) is 8.82. The van der Waals surface area contributed by atoms with Crippen LogP contribution in [0.4, 0.5) is 0 Å². The molecule has 0 amide bonds. The van der Waals surface area contributed by atoms with E-state index in [2.05, 4.69) is 22.1 Å². The molecule has 3 aromatic rings. The zero-order valence-corrected chi connectivity index (χ0v) is 8.82. The van der Waals surface area contributed by atoms with E-state index in [-0.39, 0.29) is 29.6 Å². The van der Waals surface area contributed by atoms with Crippen LogP contribution in [0.5, 0.6) is 0 Å². The monoisotopic (exact) mass is 232 g/mol. The molecular weight excluding hydrogens is 219 g/mol. The molecule has 3 heteroatoms. The zero-order chi connectivity index (χ0) is 11.1. The molecule has 2 nitrogen and oxygen atoms in total. The molecule has 0 unspecified atom stereocenters. The van der Waals surface area contributed by atoms with Crippen LogP contribution in [-0.2, 0) is 0 Å². The number of aromatic nitrogens is 2. The molecule has 2 aromatic heterocycles. The first-order chi connectivity index (χ1) is 7.97. The Morgan fingerprint density at radius 1 is 0.647 bits per heavy atom. The molecule has 0 atom stereocenters. The molecule has 17 heavy (non-hydrogen) atoms. The van der Waals surface area contributed by atoms with Crippen LogP contribution in [0, 0.1) is 0 Å². The van der Waals surface area contributed by atoms with Gasteiger partial charge in [-0.1, -0.05) is 30.3 Å². The summed E-state index contributed by atoms with van der Waals surface area (Å²) < 4.78 is 0.